The van der Waals surface area contributed by atoms with Gasteiger partial charge < -0.3 is 0 Å². The maximum atomic E-state index is 12.6. The summed E-state index contributed by atoms with van der Waals surface area (Å²) < 4.78 is 28.6. The van der Waals surface area contributed by atoms with E-state index in [1.807, 2.05) is 37.3 Å². The van der Waals surface area contributed by atoms with Crippen molar-refractivity contribution in [1.29, 1.82) is 5.26 Å². The van der Waals surface area contributed by atoms with E-state index in [4.69, 9.17) is 0 Å². The summed E-state index contributed by atoms with van der Waals surface area (Å²) in [6, 6.07) is 15.2. The van der Waals surface area contributed by atoms with E-state index in [2.05, 4.69) is 16.2 Å². The average molecular weight is 440 g/mol. The van der Waals surface area contributed by atoms with Crippen LogP contribution in [0.25, 0.3) is 5.69 Å². The van der Waals surface area contributed by atoms with Crippen LogP contribution in [-0.4, -0.2) is 40.6 Å². The highest BCUT2D eigenvalue weighted by Crippen LogP contribution is 2.28. The predicted octanol–water partition coefficient (Wildman–Crippen LogP) is 3.52. The van der Waals surface area contributed by atoms with Crippen molar-refractivity contribution in [1.82, 2.24) is 19.1 Å². The van der Waals surface area contributed by atoms with Crippen LogP contribution in [0.3, 0.4) is 0 Å². The molecular formula is C21H21N5O2S2. The number of hydrogen-bond donors (Lipinski definition) is 0. The number of benzene rings is 1. The van der Waals surface area contributed by atoms with Crippen LogP contribution < -0.4 is 0 Å². The Morgan fingerprint density at radius 3 is 2.50 bits per heavy atom. The van der Waals surface area contributed by atoms with Crippen LogP contribution in [-0.2, 0) is 15.8 Å². The fourth-order valence-electron chi connectivity index (χ4n) is 3.46. The number of thioether (sulfide) groups is 1. The van der Waals surface area contributed by atoms with Gasteiger partial charge in [-0.05, 0) is 44.0 Å². The summed E-state index contributed by atoms with van der Waals surface area (Å²) in [5.74, 6) is 0.490. The standard InChI is InChI=1S/C21H21N5O2S2/c1-16-19(13-22)20(26(24-16)17-7-3-2-4-8-17)15-29-21-10-9-18(14-23-21)30(27,28)25-11-5-6-12-25/h2-4,7-10,14H,5-6,11-12,15H2,1H3. The number of pyridine rings is 1. The third-order valence-corrected chi connectivity index (χ3v) is 7.87. The number of para-hydroxylation sites is 1. The maximum absolute atomic E-state index is 12.6. The lowest BCUT2D eigenvalue weighted by molar-refractivity contribution is 0.477. The van der Waals surface area contributed by atoms with Gasteiger partial charge in [0.15, 0.2) is 0 Å². The Balaban J connectivity index is 1.55. The van der Waals surface area contributed by atoms with Gasteiger partial charge in [0.2, 0.25) is 10.0 Å². The van der Waals surface area contributed by atoms with Gasteiger partial charge in [-0.25, -0.2) is 18.1 Å². The molecule has 0 unspecified atom stereocenters. The van der Waals surface area contributed by atoms with Crippen LogP contribution in [0.1, 0.15) is 29.8 Å². The van der Waals surface area contributed by atoms with Gasteiger partial charge in [-0.3, -0.25) is 0 Å². The predicted molar refractivity (Wildman–Crippen MR) is 115 cm³/mol. The SMILES string of the molecule is Cc1nn(-c2ccccc2)c(CSc2ccc(S(=O)(=O)N3CCCC3)cn2)c1C#N. The molecule has 1 saturated heterocycles. The Hall–Kier alpha value is -2.67. The molecule has 3 heterocycles. The Morgan fingerprint density at radius 1 is 1.13 bits per heavy atom. The molecule has 0 saturated carbocycles. The van der Waals surface area contributed by atoms with Gasteiger partial charge in [0.1, 0.15) is 11.0 Å². The molecule has 30 heavy (non-hydrogen) atoms. The molecule has 7 nitrogen and oxygen atoms in total. The topological polar surface area (TPSA) is 91.9 Å². The van der Waals surface area contributed by atoms with E-state index in [-0.39, 0.29) is 4.90 Å². The van der Waals surface area contributed by atoms with Gasteiger partial charge in [0.25, 0.3) is 0 Å². The van der Waals surface area contributed by atoms with Crippen LogP contribution >= 0.6 is 11.8 Å². The summed E-state index contributed by atoms with van der Waals surface area (Å²) in [5.41, 5.74) is 2.91. The second kappa shape index (κ2) is 8.60. The minimum absolute atomic E-state index is 0.219. The second-order valence-corrected chi connectivity index (χ2v) is 9.93. The van der Waals surface area contributed by atoms with Crippen molar-refractivity contribution in [2.45, 2.75) is 35.4 Å². The largest absolute Gasteiger partial charge is 0.249 e. The lowest BCUT2D eigenvalue weighted by Gasteiger charge is -2.15. The first-order valence-corrected chi connectivity index (χ1v) is 12.1. The van der Waals surface area contributed by atoms with Crippen LogP contribution in [0, 0.1) is 18.3 Å². The van der Waals surface area contributed by atoms with Crippen LogP contribution in [0.15, 0.2) is 58.6 Å². The molecule has 4 rings (SSSR count). The van der Waals surface area contributed by atoms with E-state index in [0.29, 0.717) is 35.1 Å². The number of nitrogens with zero attached hydrogens (tertiary/aromatic N) is 5. The normalized spacial score (nSPS) is 14.7. The van der Waals surface area contributed by atoms with E-state index in [0.717, 1.165) is 24.2 Å². The molecule has 1 aromatic carbocycles. The smallest absolute Gasteiger partial charge is 0.244 e. The number of sulfonamides is 1. The quantitative estimate of drug-likeness (QED) is 0.546. The zero-order chi connectivity index (χ0) is 21.1. The molecular weight excluding hydrogens is 418 g/mol. The highest BCUT2D eigenvalue weighted by atomic mass is 32.2. The summed E-state index contributed by atoms with van der Waals surface area (Å²) in [6.07, 6.45) is 3.22. The summed E-state index contributed by atoms with van der Waals surface area (Å²) in [6.45, 7) is 2.96. The molecule has 3 aromatic rings. The summed E-state index contributed by atoms with van der Waals surface area (Å²) >= 11 is 1.45. The Bertz CT molecular complexity index is 1180. The minimum Gasteiger partial charge on any atom is -0.249 e. The number of hydrogen-bond acceptors (Lipinski definition) is 6. The first-order chi connectivity index (χ1) is 14.5. The van der Waals surface area contributed by atoms with E-state index in [1.54, 1.807) is 16.8 Å². The summed E-state index contributed by atoms with van der Waals surface area (Å²) in [5, 5.41) is 14.8. The second-order valence-electron chi connectivity index (χ2n) is 7.00. The van der Waals surface area contributed by atoms with Crippen LogP contribution in [0.2, 0.25) is 0 Å². The molecule has 0 N–H and O–H groups in total. The highest BCUT2D eigenvalue weighted by molar-refractivity contribution is 7.98. The summed E-state index contributed by atoms with van der Waals surface area (Å²) in [7, 11) is -3.47. The fraction of sp³-hybridized carbons (Fsp3) is 0.286. The zero-order valence-electron chi connectivity index (χ0n) is 16.5. The zero-order valence-corrected chi connectivity index (χ0v) is 18.2. The van der Waals surface area contributed by atoms with Gasteiger partial charge in [-0.1, -0.05) is 30.0 Å². The lowest BCUT2D eigenvalue weighted by atomic mass is 10.2. The number of nitriles is 1. The third-order valence-electron chi connectivity index (χ3n) is 5.04. The fourth-order valence-corrected chi connectivity index (χ4v) is 5.77. The molecule has 0 aliphatic carbocycles. The van der Waals surface area contributed by atoms with Crippen molar-refractivity contribution >= 4 is 21.8 Å². The maximum Gasteiger partial charge on any atom is 0.244 e. The van der Waals surface area contributed by atoms with E-state index < -0.39 is 10.0 Å². The molecule has 1 aliphatic heterocycles. The number of rotatable bonds is 6. The first-order valence-electron chi connectivity index (χ1n) is 9.64. The van der Waals surface area contributed by atoms with Gasteiger partial charge in [-0.15, -0.1) is 0 Å². The molecule has 0 amide bonds. The van der Waals surface area contributed by atoms with Crippen molar-refractivity contribution in [3.63, 3.8) is 0 Å². The molecule has 0 atom stereocenters. The first kappa shape index (κ1) is 20.6. The third kappa shape index (κ3) is 3.99. The van der Waals surface area contributed by atoms with Gasteiger partial charge >= 0.3 is 0 Å². The van der Waals surface area contributed by atoms with Crippen molar-refractivity contribution in [2.24, 2.45) is 0 Å². The molecule has 1 aliphatic rings. The Morgan fingerprint density at radius 2 is 1.87 bits per heavy atom. The van der Waals surface area contributed by atoms with E-state index >= 15 is 0 Å². The monoisotopic (exact) mass is 439 g/mol. The van der Waals surface area contributed by atoms with Crippen LogP contribution in [0.4, 0.5) is 0 Å². The summed E-state index contributed by atoms with van der Waals surface area (Å²) in [4.78, 5) is 4.56. The highest BCUT2D eigenvalue weighted by Gasteiger charge is 2.27. The molecule has 0 bridgehead atoms. The van der Waals surface area contributed by atoms with Crippen molar-refractivity contribution < 1.29 is 8.42 Å². The minimum atomic E-state index is -3.47. The molecule has 2 aromatic heterocycles. The van der Waals surface area contributed by atoms with Crippen molar-refractivity contribution in [3.05, 3.63) is 65.6 Å². The molecule has 0 spiro atoms. The molecule has 0 radical (unpaired) electrons. The number of aryl methyl sites for hydroxylation is 1. The van der Waals surface area contributed by atoms with Crippen molar-refractivity contribution in [3.8, 4) is 11.8 Å². The van der Waals surface area contributed by atoms with Crippen molar-refractivity contribution in [2.75, 3.05) is 13.1 Å². The van der Waals surface area contributed by atoms with Crippen LogP contribution in [0.5, 0.6) is 0 Å². The lowest BCUT2D eigenvalue weighted by Crippen LogP contribution is -2.27. The Kier molecular flexibility index (Phi) is 5.90. The Labute approximate surface area is 180 Å². The molecule has 1 fully saturated rings. The van der Waals surface area contributed by atoms with E-state index in [9.17, 15) is 13.7 Å². The van der Waals surface area contributed by atoms with E-state index in [1.165, 1.54) is 22.3 Å². The van der Waals surface area contributed by atoms with Gasteiger partial charge in [0.05, 0.1) is 27.7 Å². The van der Waals surface area contributed by atoms with Gasteiger partial charge in [0, 0.05) is 25.0 Å². The van der Waals surface area contributed by atoms with Gasteiger partial charge in [-0.2, -0.15) is 14.7 Å². The molecule has 9 heteroatoms. The molecule has 154 valence electrons. The number of aromatic nitrogens is 3. The average Bonchev–Trinajstić information content (AvgIpc) is 3.41.